The van der Waals surface area contributed by atoms with Gasteiger partial charge in [0.2, 0.25) is 0 Å². The maximum atomic E-state index is 12.8. The molecule has 3 nitrogen and oxygen atoms in total. The molecule has 0 saturated heterocycles. The number of phenols is 1. The minimum Gasteiger partial charge on any atom is -0.507 e. The van der Waals surface area contributed by atoms with E-state index in [-0.39, 0.29) is 22.9 Å². The zero-order valence-electron chi connectivity index (χ0n) is 26.5. The lowest BCUT2D eigenvalue weighted by Crippen LogP contribution is -2.20. The molecule has 0 aromatic heterocycles. The highest BCUT2D eigenvalue weighted by molar-refractivity contribution is 5.70. The third-order valence-corrected chi connectivity index (χ3v) is 7.69. The van der Waals surface area contributed by atoms with Crippen LogP contribution in [0.5, 0.6) is 5.75 Å². The molecule has 1 aromatic carbocycles. The summed E-state index contributed by atoms with van der Waals surface area (Å²) in [7, 11) is 0. The Balaban J connectivity index is 2.46. The predicted octanol–water partition coefficient (Wildman–Crippen LogP) is 10.7. The van der Waals surface area contributed by atoms with Crippen molar-refractivity contribution in [2.45, 2.75) is 181 Å². The number of unbranched alkanes of at least 4 members (excludes halogenated alkanes) is 11. The molecule has 0 fully saturated rings. The van der Waals surface area contributed by atoms with Gasteiger partial charge in [0.15, 0.2) is 0 Å². The van der Waals surface area contributed by atoms with E-state index < -0.39 is 0 Å². The smallest absolute Gasteiger partial charge is 0.306 e. The Morgan fingerprint density at radius 2 is 1.16 bits per heavy atom. The van der Waals surface area contributed by atoms with E-state index in [4.69, 9.17) is 4.74 Å². The van der Waals surface area contributed by atoms with Crippen LogP contribution in [0.1, 0.15) is 175 Å². The van der Waals surface area contributed by atoms with Gasteiger partial charge in [0, 0.05) is 6.42 Å². The van der Waals surface area contributed by atoms with Crippen LogP contribution in [0.25, 0.3) is 0 Å². The summed E-state index contributed by atoms with van der Waals surface area (Å²) in [5.74, 6) is 0.298. The number of benzene rings is 1. The van der Waals surface area contributed by atoms with Gasteiger partial charge in [-0.3, -0.25) is 4.79 Å². The van der Waals surface area contributed by atoms with Crippen molar-refractivity contribution in [3.8, 4) is 5.75 Å². The van der Waals surface area contributed by atoms with Gasteiger partial charge in [-0.05, 0) is 53.2 Å². The quantitative estimate of drug-likeness (QED) is 0.143. The van der Waals surface area contributed by atoms with Gasteiger partial charge in [0.1, 0.15) is 11.9 Å². The first-order chi connectivity index (χ1) is 17.9. The highest BCUT2D eigenvalue weighted by atomic mass is 16.5. The van der Waals surface area contributed by atoms with Gasteiger partial charge in [-0.25, -0.2) is 0 Å². The topological polar surface area (TPSA) is 46.5 Å². The van der Waals surface area contributed by atoms with Gasteiger partial charge in [-0.1, -0.05) is 145 Å². The van der Waals surface area contributed by atoms with Crippen LogP contribution in [-0.4, -0.2) is 17.2 Å². The van der Waals surface area contributed by atoms with E-state index in [0.717, 1.165) is 42.4 Å². The maximum Gasteiger partial charge on any atom is 0.306 e. The lowest BCUT2D eigenvalue weighted by molar-refractivity contribution is -0.149. The molecule has 1 rings (SSSR count). The molecule has 0 aliphatic rings. The molecule has 1 N–H and O–H groups in total. The van der Waals surface area contributed by atoms with Crippen molar-refractivity contribution in [3.63, 3.8) is 0 Å². The highest BCUT2D eigenvalue weighted by Crippen LogP contribution is 2.40. The van der Waals surface area contributed by atoms with Crippen LogP contribution in [0.4, 0.5) is 0 Å². The van der Waals surface area contributed by atoms with Crippen molar-refractivity contribution in [1.29, 1.82) is 0 Å². The SMILES string of the molecule is CCCCCCCCCCCCCCC(CCC)OC(=O)CCc1cc(C(C)(C)C)c(O)c(C(C)(C)C)c1. The van der Waals surface area contributed by atoms with Crippen molar-refractivity contribution in [3.05, 3.63) is 28.8 Å². The van der Waals surface area contributed by atoms with E-state index in [9.17, 15) is 9.90 Å². The summed E-state index contributed by atoms with van der Waals surface area (Å²) in [5.41, 5.74) is 2.66. The molecule has 1 aromatic rings. The van der Waals surface area contributed by atoms with Crippen LogP contribution in [0, 0.1) is 0 Å². The van der Waals surface area contributed by atoms with Crippen LogP contribution >= 0.6 is 0 Å². The standard InChI is InChI=1S/C35H62O3/c1-9-11-12-13-14-15-16-17-18-19-20-21-23-29(22-10-2)38-32(36)25-24-28-26-30(34(3,4)5)33(37)31(27-28)35(6,7)8/h26-27,29,37H,9-25H2,1-8H3. The highest BCUT2D eigenvalue weighted by Gasteiger charge is 2.26. The van der Waals surface area contributed by atoms with Gasteiger partial charge in [-0.2, -0.15) is 0 Å². The Morgan fingerprint density at radius 1 is 0.711 bits per heavy atom. The fourth-order valence-corrected chi connectivity index (χ4v) is 5.27. The summed E-state index contributed by atoms with van der Waals surface area (Å²) in [6.45, 7) is 17.2. The first kappa shape index (κ1) is 34.5. The molecule has 3 heteroatoms. The molecular formula is C35H62O3. The first-order valence-corrected chi connectivity index (χ1v) is 16.0. The zero-order valence-corrected chi connectivity index (χ0v) is 26.5. The number of ether oxygens (including phenoxy) is 1. The number of aromatic hydroxyl groups is 1. The van der Waals surface area contributed by atoms with Crippen LogP contribution in [0.2, 0.25) is 0 Å². The number of esters is 1. The number of rotatable bonds is 19. The van der Waals surface area contributed by atoms with Crippen molar-refractivity contribution in [1.82, 2.24) is 0 Å². The lowest BCUT2D eigenvalue weighted by Gasteiger charge is -2.28. The molecule has 0 bridgehead atoms. The fraction of sp³-hybridized carbons (Fsp3) is 0.800. The minimum atomic E-state index is -0.166. The van der Waals surface area contributed by atoms with Crippen LogP contribution in [-0.2, 0) is 26.8 Å². The number of carbonyl (C=O) groups excluding carboxylic acids is 1. The Labute approximate surface area is 236 Å². The van der Waals surface area contributed by atoms with E-state index in [1.165, 1.54) is 70.6 Å². The monoisotopic (exact) mass is 530 g/mol. The Morgan fingerprint density at radius 3 is 1.58 bits per heavy atom. The van der Waals surface area contributed by atoms with E-state index in [1.54, 1.807) is 0 Å². The summed E-state index contributed by atoms with van der Waals surface area (Å²) in [4.78, 5) is 12.8. The van der Waals surface area contributed by atoms with E-state index in [0.29, 0.717) is 18.6 Å². The number of hydrogen-bond acceptors (Lipinski definition) is 3. The molecule has 0 radical (unpaired) electrons. The average molecular weight is 531 g/mol. The van der Waals surface area contributed by atoms with Gasteiger partial charge in [-0.15, -0.1) is 0 Å². The van der Waals surface area contributed by atoms with Crippen molar-refractivity contribution in [2.24, 2.45) is 0 Å². The molecule has 0 aliphatic heterocycles. The Hall–Kier alpha value is -1.51. The number of carbonyl (C=O) groups is 1. The summed E-state index contributed by atoms with van der Waals surface area (Å²) in [5, 5.41) is 11.0. The first-order valence-electron chi connectivity index (χ1n) is 16.0. The van der Waals surface area contributed by atoms with Crippen LogP contribution < -0.4 is 0 Å². The molecule has 0 amide bonds. The normalized spacial score (nSPS) is 13.1. The molecule has 0 saturated carbocycles. The van der Waals surface area contributed by atoms with Crippen molar-refractivity contribution in [2.75, 3.05) is 0 Å². The summed E-state index contributed by atoms with van der Waals surface area (Å²) in [6.07, 6.45) is 20.2. The van der Waals surface area contributed by atoms with Gasteiger partial charge < -0.3 is 9.84 Å². The number of phenolic OH excluding ortho intramolecular Hbond substituents is 1. The van der Waals surface area contributed by atoms with E-state index in [1.807, 2.05) is 0 Å². The zero-order chi connectivity index (χ0) is 28.6. The molecule has 0 aliphatic carbocycles. The summed E-state index contributed by atoms with van der Waals surface area (Å²) < 4.78 is 5.94. The molecule has 38 heavy (non-hydrogen) atoms. The molecule has 0 heterocycles. The molecule has 0 spiro atoms. The summed E-state index contributed by atoms with van der Waals surface area (Å²) in [6, 6.07) is 4.15. The number of hydrogen-bond donors (Lipinski definition) is 1. The second kappa shape index (κ2) is 18.0. The maximum absolute atomic E-state index is 12.8. The van der Waals surface area contributed by atoms with E-state index in [2.05, 4.69) is 67.5 Å². The van der Waals surface area contributed by atoms with Crippen LogP contribution in [0.3, 0.4) is 0 Å². The molecule has 1 unspecified atom stereocenters. The third-order valence-electron chi connectivity index (χ3n) is 7.69. The predicted molar refractivity (Wildman–Crippen MR) is 164 cm³/mol. The lowest BCUT2D eigenvalue weighted by atomic mass is 9.78. The number of aryl methyl sites for hydroxylation is 1. The van der Waals surface area contributed by atoms with Gasteiger partial charge >= 0.3 is 5.97 Å². The van der Waals surface area contributed by atoms with Crippen LogP contribution in [0.15, 0.2) is 12.1 Å². The second-order valence-electron chi connectivity index (χ2n) is 13.6. The molecule has 220 valence electrons. The Bertz CT molecular complexity index is 746. The fourth-order valence-electron chi connectivity index (χ4n) is 5.27. The second-order valence-corrected chi connectivity index (χ2v) is 13.6. The Kier molecular flexibility index (Phi) is 16.3. The summed E-state index contributed by atoms with van der Waals surface area (Å²) >= 11 is 0. The average Bonchev–Trinajstić information content (AvgIpc) is 2.82. The third kappa shape index (κ3) is 14.0. The van der Waals surface area contributed by atoms with E-state index >= 15 is 0 Å². The van der Waals surface area contributed by atoms with Crippen molar-refractivity contribution < 1.29 is 14.6 Å². The minimum absolute atomic E-state index is 0.0470. The van der Waals surface area contributed by atoms with Gasteiger partial charge in [0.25, 0.3) is 0 Å². The van der Waals surface area contributed by atoms with Crippen molar-refractivity contribution >= 4 is 5.97 Å². The molecular weight excluding hydrogens is 468 g/mol. The van der Waals surface area contributed by atoms with Gasteiger partial charge in [0.05, 0.1) is 0 Å². The molecule has 1 atom stereocenters. The largest absolute Gasteiger partial charge is 0.507 e.